The molecule has 2 rings (SSSR count). The number of aryl methyl sites for hydroxylation is 2. The molecule has 17 heavy (non-hydrogen) atoms. The number of rotatable bonds is 5. The number of hydrogen-bond acceptors (Lipinski definition) is 3. The van der Waals surface area contributed by atoms with Crippen LogP contribution < -0.4 is 5.56 Å². The highest BCUT2D eigenvalue weighted by molar-refractivity contribution is 7.71. The average molecular weight is 250 g/mol. The molecule has 2 heterocycles. The van der Waals surface area contributed by atoms with Crippen molar-refractivity contribution in [1.82, 2.24) is 19.1 Å². The van der Waals surface area contributed by atoms with E-state index < -0.39 is 0 Å². The molecule has 0 aliphatic heterocycles. The molecule has 0 fully saturated rings. The Balaban J connectivity index is 1.82. The van der Waals surface area contributed by atoms with Crippen molar-refractivity contribution in [3.8, 4) is 0 Å². The maximum absolute atomic E-state index is 11.0. The van der Waals surface area contributed by atoms with Crippen molar-refractivity contribution in [2.45, 2.75) is 25.9 Å². The standard InChI is InChI=1S/C11H14N4OS/c16-10-3-7-15(11(17)13-10)6-2-1-5-14-8-4-12-9-14/h3-4,7-9H,1-2,5-6H2,(H,13,16,17). The van der Waals surface area contributed by atoms with Crippen molar-refractivity contribution >= 4 is 12.2 Å². The van der Waals surface area contributed by atoms with Gasteiger partial charge in [0.15, 0.2) is 4.77 Å². The summed E-state index contributed by atoms with van der Waals surface area (Å²) in [5, 5.41) is 0. The molecular weight excluding hydrogens is 236 g/mol. The van der Waals surface area contributed by atoms with Crippen LogP contribution in [0.2, 0.25) is 0 Å². The quantitative estimate of drug-likeness (QED) is 0.647. The van der Waals surface area contributed by atoms with Gasteiger partial charge in [0.1, 0.15) is 0 Å². The Morgan fingerprint density at radius 3 is 2.82 bits per heavy atom. The Kier molecular flexibility index (Phi) is 3.87. The zero-order valence-corrected chi connectivity index (χ0v) is 10.2. The third-order valence-corrected chi connectivity index (χ3v) is 2.86. The molecular formula is C11H14N4OS. The molecule has 0 atom stereocenters. The van der Waals surface area contributed by atoms with Crippen LogP contribution in [0.5, 0.6) is 0 Å². The van der Waals surface area contributed by atoms with E-state index in [1.807, 2.05) is 21.7 Å². The first kappa shape index (κ1) is 11.8. The van der Waals surface area contributed by atoms with Crippen LogP contribution in [0, 0.1) is 4.77 Å². The Labute approximate surface area is 104 Å². The van der Waals surface area contributed by atoms with E-state index in [1.165, 1.54) is 6.07 Å². The molecule has 0 bridgehead atoms. The van der Waals surface area contributed by atoms with Gasteiger partial charge in [-0.1, -0.05) is 0 Å². The minimum absolute atomic E-state index is 0.148. The van der Waals surface area contributed by atoms with Gasteiger partial charge in [-0.05, 0) is 25.1 Å². The lowest BCUT2D eigenvalue weighted by molar-refractivity contribution is 0.543. The number of H-pyrrole nitrogens is 1. The molecule has 0 radical (unpaired) electrons. The SMILES string of the molecule is O=c1ccn(CCCCn2ccnc2)c(=S)[nH]1. The minimum Gasteiger partial charge on any atom is -0.337 e. The Morgan fingerprint density at radius 2 is 2.12 bits per heavy atom. The summed E-state index contributed by atoms with van der Waals surface area (Å²) in [7, 11) is 0. The predicted molar refractivity (Wildman–Crippen MR) is 67.3 cm³/mol. The molecule has 0 aliphatic carbocycles. The van der Waals surface area contributed by atoms with Gasteiger partial charge in [0.2, 0.25) is 0 Å². The number of unbranched alkanes of at least 4 members (excludes halogenated alkanes) is 1. The van der Waals surface area contributed by atoms with Crippen LogP contribution in [-0.4, -0.2) is 19.1 Å². The van der Waals surface area contributed by atoms with E-state index in [0.717, 1.165) is 25.9 Å². The maximum atomic E-state index is 11.0. The summed E-state index contributed by atoms with van der Waals surface area (Å²) >= 11 is 5.06. The van der Waals surface area contributed by atoms with E-state index >= 15 is 0 Å². The van der Waals surface area contributed by atoms with Crippen LogP contribution >= 0.6 is 12.2 Å². The molecule has 0 spiro atoms. The largest absolute Gasteiger partial charge is 0.337 e. The summed E-state index contributed by atoms with van der Waals surface area (Å²) in [4.78, 5) is 17.6. The van der Waals surface area contributed by atoms with Gasteiger partial charge in [-0.25, -0.2) is 4.98 Å². The second-order valence-electron chi connectivity index (χ2n) is 3.81. The lowest BCUT2D eigenvalue weighted by atomic mass is 10.3. The van der Waals surface area contributed by atoms with Crippen molar-refractivity contribution in [3.63, 3.8) is 0 Å². The van der Waals surface area contributed by atoms with E-state index in [2.05, 4.69) is 9.97 Å². The van der Waals surface area contributed by atoms with E-state index in [0.29, 0.717) is 4.77 Å². The van der Waals surface area contributed by atoms with E-state index in [9.17, 15) is 4.79 Å². The molecule has 0 aromatic carbocycles. The lowest BCUT2D eigenvalue weighted by Gasteiger charge is -2.06. The molecule has 0 saturated heterocycles. The first-order valence-electron chi connectivity index (χ1n) is 5.51. The van der Waals surface area contributed by atoms with Gasteiger partial charge in [0.05, 0.1) is 6.33 Å². The zero-order chi connectivity index (χ0) is 12.1. The average Bonchev–Trinajstić information content (AvgIpc) is 2.79. The molecule has 5 nitrogen and oxygen atoms in total. The van der Waals surface area contributed by atoms with Crippen molar-refractivity contribution in [3.05, 3.63) is 46.1 Å². The monoisotopic (exact) mass is 250 g/mol. The first-order chi connectivity index (χ1) is 8.25. The van der Waals surface area contributed by atoms with Gasteiger partial charge in [-0.15, -0.1) is 0 Å². The summed E-state index contributed by atoms with van der Waals surface area (Å²) in [6.45, 7) is 1.78. The number of imidazole rings is 1. The molecule has 0 amide bonds. The van der Waals surface area contributed by atoms with Gasteiger partial charge in [0.25, 0.3) is 5.56 Å². The highest BCUT2D eigenvalue weighted by atomic mass is 32.1. The lowest BCUT2D eigenvalue weighted by Crippen LogP contribution is -2.11. The summed E-state index contributed by atoms with van der Waals surface area (Å²) in [5.41, 5.74) is -0.148. The third kappa shape index (κ3) is 3.39. The van der Waals surface area contributed by atoms with Gasteiger partial charge in [0, 0.05) is 37.7 Å². The van der Waals surface area contributed by atoms with E-state index in [-0.39, 0.29) is 5.56 Å². The summed E-state index contributed by atoms with van der Waals surface area (Å²) < 4.78 is 4.41. The number of aromatic amines is 1. The van der Waals surface area contributed by atoms with Crippen LogP contribution in [0.4, 0.5) is 0 Å². The molecule has 0 unspecified atom stereocenters. The van der Waals surface area contributed by atoms with Crippen molar-refractivity contribution < 1.29 is 0 Å². The number of aromatic nitrogens is 4. The topological polar surface area (TPSA) is 55.6 Å². The molecule has 2 aromatic heterocycles. The van der Waals surface area contributed by atoms with Crippen molar-refractivity contribution in [1.29, 1.82) is 0 Å². The summed E-state index contributed by atoms with van der Waals surface area (Å²) in [6.07, 6.45) is 9.34. The van der Waals surface area contributed by atoms with Crippen LogP contribution in [0.1, 0.15) is 12.8 Å². The fourth-order valence-corrected chi connectivity index (χ4v) is 1.87. The Morgan fingerprint density at radius 1 is 1.29 bits per heavy atom. The van der Waals surface area contributed by atoms with Gasteiger partial charge in [-0.2, -0.15) is 0 Å². The zero-order valence-electron chi connectivity index (χ0n) is 9.37. The predicted octanol–water partition coefficient (Wildman–Crippen LogP) is 1.58. The third-order valence-electron chi connectivity index (χ3n) is 2.52. The van der Waals surface area contributed by atoms with Crippen LogP contribution in [0.3, 0.4) is 0 Å². The number of hydrogen-bond donors (Lipinski definition) is 1. The Hall–Kier alpha value is -1.69. The van der Waals surface area contributed by atoms with E-state index in [1.54, 1.807) is 12.4 Å². The molecule has 2 aromatic rings. The van der Waals surface area contributed by atoms with Crippen LogP contribution in [-0.2, 0) is 13.1 Å². The maximum Gasteiger partial charge on any atom is 0.251 e. The first-order valence-corrected chi connectivity index (χ1v) is 5.92. The van der Waals surface area contributed by atoms with Crippen LogP contribution in [0.25, 0.3) is 0 Å². The van der Waals surface area contributed by atoms with Crippen molar-refractivity contribution in [2.75, 3.05) is 0 Å². The van der Waals surface area contributed by atoms with Crippen LogP contribution in [0.15, 0.2) is 35.8 Å². The second kappa shape index (κ2) is 5.58. The molecule has 90 valence electrons. The van der Waals surface area contributed by atoms with Gasteiger partial charge < -0.3 is 9.13 Å². The fraction of sp³-hybridized carbons (Fsp3) is 0.364. The Bertz CT molecular complexity index is 570. The molecule has 6 heteroatoms. The van der Waals surface area contributed by atoms with Gasteiger partial charge >= 0.3 is 0 Å². The molecule has 0 aliphatic rings. The normalized spacial score (nSPS) is 10.6. The summed E-state index contributed by atoms with van der Waals surface area (Å²) in [6, 6.07) is 1.49. The highest BCUT2D eigenvalue weighted by Gasteiger charge is 1.95. The summed E-state index contributed by atoms with van der Waals surface area (Å²) in [5.74, 6) is 0. The number of nitrogens with one attached hydrogen (secondary N) is 1. The smallest absolute Gasteiger partial charge is 0.251 e. The number of nitrogens with zero attached hydrogens (tertiary/aromatic N) is 3. The van der Waals surface area contributed by atoms with Gasteiger partial charge in [-0.3, -0.25) is 9.78 Å². The second-order valence-corrected chi connectivity index (χ2v) is 4.20. The van der Waals surface area contributed by atoms with E-state index in [4.69, 9.17) is 12.2 Å². The molecule has 1 N–H and O–H groups in total. The highest BCUT2D eigenvalue weighted by Crippen LogP contribution is 1.98. The molecule has 0 saturated carbocycles. The van der Waals surface area contributed by atoms with Crippen molar-refractivity contribution in [2.24, 2.45) is 0 Å². The fourth-order valence-electron chi connectivity index (χ4n) is 1.62. The minimum atomic E-state index is -0.148.